The lowest BCUT2D eigenvalue weighted by Crippen LogP contribution is -2.31. The van der Waals surface area contributed by atoms with Gasteiger partial charge in [0.2, 0.25) is 0 Å². The molecule has 0 fully saturated rings. The second-order valence-electron chi connectivity index (χ2n) is 10.2. The normalized spacial score (nSPS) is 12.4. The van der Waals surface area contributed by atoms with Gasteiger partial charge < -0.3 is 34.3 Å². The molecule has 1 atom stereocenters. The molecule has 0 aromatic heterocycles. The fourth-order valence-electron chi connectivity index (χ4n) is 5.40. The van der Waals surface area contributed by atoms with E-state index in [1.54, 1.807) is 39.5 Å². The van der Waals surface area contributed by atoms with Crippen LogP contribution in [-0.2, 0) is 14.3 Å². The number of alkyl carbamates (subject to hydrolysis) is 1. The van der Waals surface area contributed by atoms with Gasteiger partial charge in [0.25, 0.3) is 5.91 Å². The maximum atomic E-state index is 13.4. The maximum Gasteiger partial charge on any atom is 0.407 e. The molecule has 5 rings (SSSR count). The Morgan fingerprint density at radius 2 is 1.45 bits per heavy atom. The summed E-state index contributed by atoms with van der Waals surface area (Å²) < 4.78 is 27.5. The molecule has 4 aromatic carbocycles. The lowest BCUT2D eigenvalue weighted by Gasteiger charge is -2.23. The molecule has 0 aliphatic heterocycles. The second kappa shape index (κ2) is 14.4. The molecular formula is C35H36N2O7. The first-order chi connectivity index (χ1) is 21.5. The molecule has 44 heavy (non-hydrogen) atoms. The summed E-state index contributed by atoms with van der Waals surface area (Å²) in [5.74, 6) is 1.37. The van der Waals surface area contributed by atoms with Crippen LogP contribution < -0.4 is 24.8 Å². The number of carbonyl (C=O) groups excluding carboxylic acids is 2. The van der Waals surface area contributed by atoms with Crippen molar-refractivity contribution in [2.24, 2.45) is 0 Å². The van der Waals surface area contributed by atoms with Crippen LogP contribution in [0, 0.1) is 0 Å². The smallest absolute Gasteiger partial charge is 0.407 e. The first-order valence-corrected chi connectivity index (χ1v) is 14.3. The second-order valence-corrected chi connectivity index (χ2v) is 10.2. The summed E-state index contributed by atoms with van der Waals surface area (Å²) in [5.41, 5.74) is 6.07. The highest BCUT2D eigenvalue weighted by molar-refractivity contribution is 5.79. The quantitative estimate of drug-likeness (QED) is 0.197. The molecule has 4 aromatic rings. The maximum absolute atomic E-state index is 13.4. The third-order valence-electron chi connectivity index (χ3n) is 7.57. The van der Waals surface area contributed by atoms with Crippen LogP contribution >= 0.6 is 0 Å². The van der Waals surface area contributed by atoms with E-state index in [4.69, 9.17) is 23.7 Å². The zero-order chi connectivity index (χ0) is 30.9. The van der Waals surface area contributed by atoms with Crippen LogP contribution in [0.2, 0.25) is 0 Å². The van der Waals surface area contributed by atoms with Crippen molar-refractivity contribution < 1.29 is 33.3 Å². The van der Waals surface area contributed by atoms with Crippen LogP contribution in [0.3, 0.4) is 0 Å². The van der Waals surface area contributed by atoms with Crippen molar-refractivity contribution in [2.45, 2.75) is 12.0 Å². The monoisotopic (exact) mass is 596 g/mol. The zero-order valence-electron chi connectivity index (χ0n) is 25.0. The molecule has 1 aliphatic carbocycles. The van der Waals surface area contributed by atoms with Crippen molar-refractivity contribution in [1.82, 2.24) is 10.6 Å². The minimum atomic E-state index is -0.613. The minimum absolute atomic E-state index is 0.0646. The van der Waals surface area contributed by atoms with E-state index < -0.39 is 12.1 Å². The molecule has 0 heterocycles. The van der Waals surface area contributed by atoms with Gasteiger partial charge in [0.1, 0.15) is 23.9 Å². The van der Waals surface area contributed by atoms with Gasteiger partial charge in [0, 0.05) is 31.2 Å². The summed E-state index contributed by atoms with van der Waals surface area (Å²) in [6.07, 6.45) is -0.567. The van der Waals surface area contributed by atoms with Crippen LogP contribution in [0.5, 0.6) is 17.2 Å². The summed E-state index contributed by atoms with van der Waals surface area (Å²) in [6.45, 7) is 0.889. The first kappa shape index (κ1) is 30.4. The Morgan fingerprint density at radius 1 is 0.795 bits per heavy atom. The van der Waals surface area contributed by atoms with E-state index in [1.165, 1.54) is 0 Å². The van der Waals surface area contributed by atoms with Crippen molar-refractivity contribution in [3.63, 3.8) is 0 Å². The van der Waals surface area contributed by atoms with Gasteiger partial charge in [-0.1, -0.05) is 60.7 Å². The molecule has 0 radical (unpaired) electrons. The Bertz CT molecular complexity index is 1540. The van der Waals surface area contributed by atoms with E-state index in [9.17, 15) is 9.59 Å². The Kier molecular flexibility index (Phi) is 9.99. The van der Waals surface area contributed by atoms with Gasteiger partial charge in [0.05, 0.1) is 26.9 Å². The summed E-state index contributed by atoms with van der Waals surface area (Å²) in [5, 5.41) is 5.75. The highest BCUT2D eigenvalue weighted by Crippen LogP contribution is 2.44. The van der Waals surface area contributed by atoms with E-state index >= 15 is 0 Å². The average molecular weight is 597 g/mol. The van der Waals surface area contributed by atoms with E-state index in [0.717, 1.165) is 27.8 Å². The van der Waals surface area contributed by atoms with E-state index in [2.05, 4.69) is 34.9 Å². The van der Waals surface area contributed by atoms with Gasteiger partial charge in [-0.3, -0.25) is 4.79 Å². The highest BCUT2D eigenvalue weighted by atomic mass is 16.5. The standard InChI is InChI=1S/C35H36N2O7/c1-40-19-18-36-33(38)22-43-24-14-12-23(13-15-24)34(30-17-16-25(41-2)20-32(30)42-3)37-35(39)44-21-31-28-10-6-4-8-26(28)27-9-5-7-11-29(27)31/h4-17,20,31,34H,18-19,21-22H2,1-3H3,(H,36,38)(H,37,39). The van der Waals surface area contributed by atoms with Crippen LogP contribution in [-0.4, -0.2) is 59.7 Å². The number of nitrogens with one attached hydrogen (secondary N) is 2. The number of rotatable bonds is 13. The predicted molar refractivity (Wildman–Crippen MR) is 166 cm³/mol. The van der Waals surface area contributed by atoms with Crippen LogP contribution in [0.4, 0.5) is 4.79 Å². The molecule has 0 spiro atoms. The summed E-state index contributed by atoms with van der Waals surface area (Å²) >= 11 is 0. The van der Waals surface area contributed by atoms with Crippen molar-refractivity contribution in [3.8, 4) is 28.4 Å². The lowest BCUT2D eigenvalue weighted by molar-refractivity contribution is -0.123. The SMILES string of the molecule is COCCNC(=O)COc1ccc(C(NC(=O)OCC2c3ccccc3-c3ccccc32)c2ccc(OC)cc2OC)cc1. The molecular weight excluding hydrogens is 560 g/mol. The number of hydrogen-bond donors (Lipinski definition) is 2. The number of amides is 2. The molecule has 9 nitrogen and oxygen atoms in total. The summed E-state index contributed by atoms with van der Waals surface area (Å²) in [7, 11) is 4.72. The van der Waals surface area contributed by atoms with Crippen molar-refractivity contribution in [3.05, 3.63) is 113 Å². The first-order valence-electron chi connectivity index (χ1n) is 14.3. The number of hydrogen-bond acceptors (Lipinski definition) is 7. The van der Waals surface area contributed by atoms with E-state index in [-0.39, 0.29) is 25.0 Å². The van der Waals surface area contributed by atoms with Gasteiger partial charge in [-0.2, -0.15) is 0 Å². The third kappa shape index (κ3) is 6.95. The van der Waals surface area contributed by atoms with Gasteiger partial charge in [-0.25, -0.2) is 4.79 Å². The molecule has 0 saturated heterocycles. The Balaban J connectivity index is 1.33. The number of benzene rings is 4. The van der Waals surface area contributed by atoms with Gasteiger partial charge in [-0.05, 0) is 52.1 Å². The van der Waals surface area contributed by atoms with Crippen LogP contribution in [0.25, 0.3) is 11.1 Å². The summed E-state index contributed by atoms with van der Waals surface area (Å²) in [6, 6.07) is 28.4. The number of fused-ring (bicyclic) bond motifs is 3. The topological polar surface area (TPSA) is 104 Å². The Hall–Kier alpha value is -5.02. The van der Waals surface area contributed by atoms with Crippen molar-refractivity contribution >= 4 is 12.0 Å². The molecule has 2 amide bonds. The number of carbonyl (C=O) groups is 2. The molecule has 9 heteroatoms. The molecule has 1 unspecified atom stereocenters. The molecule has 2 N–H and O–H groups in total. The van der Waals surface area contributed by atoms with Crippen LogP contribution in [0.15, 0.2) is 91.0 Å². The lowest BCUT2D eigenvalue weighted by atomic mass is 9.97. The largest absolute Gasteiger partial charge is 0.497 e. The minimum Gasteiger partial charge on any atom is -0.497 e. The fourth-order valence-corrected chi connectivity index (χ4v) is 5.40. The van der Waals surface area contributed by atoms with E-state index in [1.807, 2.05) is 48.5 Å². The average Bonchev–Trinajstić information content (AvgIpc) is 3.39. The molecule has 228 valence electrons. The zero-order valence-corrected chi connectivity index (χ0v) is 25.0. The number of ether oxygens (including phenoxy) is 5. The number of methoxy groups -OCH3 is 3. The third-order valence-corrected chi connectivity index (χ3v) is 7.57. The van der Waals surface area contributed by atoms with Crippen molar-refractivity contribution in [2.75, 3.05) is 47.7 Å². The van der Waals surface area contributed by atoms with Gasteiger partial charge >= 0.3 is 6.09 Å². The van der Waals surface area contributed by atoms with Crippen molar-refractivity contribution in [1.29, 1.82) is 0 Å². The molecule has 1 aliphatic rings. The highest BCUT2D eigenvalue weighted by Gasteiger charge is 2.30. The van der Waals surface area contributed by atoms with E-state index in [0.29, 0.717) is 36.0 Å². The van der Waals surface area contributed by atoms with Gasteiger partial charge in [0.15, 0.2) is 6.61 Å². The fraction of sp³-hybridized carbons (Fsp3) is 0.257. The van der Waals surface area contributed by atoms with Gasteiger partial charge in [-0.15, -0.1) is 0 Å². The molecule has 0 bridgehead atoms. The predicted octanol–water partition coefficient (Wildman–Crippen LogP) is 5.47. The Morgan fingerprint density at radius 3 is 2.09 bits per heavy atom. The summed E-state index contributed by atoms with van der Waals surface area (Å²) in [4.78, 5) is 25.4. The van der Waals surface area contributed by atoms with Crippen LogP contribution in [0.1, 0.15) is 34.2 Å². The Labute approximate surface area is 257 Å². The molecule has 0 saturated carbocycles.